The summed E-state index contributed by atoms with van der Waals surface area (Å²) in [6.45, 7) is 2.65. The molecule has 9 N–H and O–H groups in total. The number of carbonyl (C=O) groups excluding carboxylic acids is 1. The monoisotopic (exact) mass is 766 g/mol. The van der Waals surface area contributed by atoms with Crippen LogP contribution in [0.15, 0.2) is 0 Å². The number of aliphatic hydroxyl groups is 8. The first kappa shape index (κ1) is 48.1. The Balaban J connectivity index is 1.81. The van der Waals surface area contributed by atoms with Crippen LogP contribution in [-0.4, -0.2) is 140 Å². The largest absolute Gasteiger partial charge is 0.394 e. The Morgan fingerprint density at radius 2 is 1.08 bits per heavy atom. The minimum Gasteiger partial charge on any atom is -0.394 e. The molecule has 0 bridgehead atoms. The second-order valence-corrected chi connectivity index (χ2v) is 15.1. The maximum atomic E-state index is 12.7. The van der Waals surface area contributed by atoms with Crippen LogP contribution < -0.4 is 5.32 Å². The Labute approximate surface area is 317 Å². The van der Waals surface area contributed by atoms with Crippen molar-refractivity contribution in [3.8, 4) is 0 Å². The molecule has 12 atom stereocenters. The van der Waals surface area contributed by atoms with Gasteiger partial charge >= 0.3 is 0 Å². The maximum Gasteiger partial charge on any atom is 0.220 e. The second kappa shape index (κ2) is 28.4. The third-order valence-electron chi connectivity index (χ3n) is 10.6. The lowest BCUT2D eigenvalue weighted by atomic mass is 9.97. The lowest BCUT2D eigenvalue weighted by Crippen LogP contribution is -2.65. The van der Waals surface area contributed by atoms with E-state index in [1.807, 2.05) is 6.92 Å². The van der Waals surface area contributed by atoms with Gasteiger partial charge in [0.15, 0.2) is 12.6 Å². The summed E-state index contributed by atoms with van der Waals surface area (Å²) in [5, 5.41) is 85.9. The molecule has 14 nitrogen and oxygen atoms in total. The predicted molar refractivity (Wildman–Crippen MR) is 199 cm³/mol. The molecule has 2 fully saturated rings. The van der Waals surface area contributed by atoms with Crippen molar-refractivity contribution in [1.29, 1.82) is 0 Å². The highest BCUT2D eigenvalue weighted by Crippen LogP contribution is 2.30. The molecule has 1 amide bonds. The summed E-state index contributed by atoms with van der Waals surface area (Å²) in [6, 6.07) is -0.816. The van der Waals surface area contributed by atoms with Gasteiger partial charge in [-0.3, -0.25) is 4.79 Å². The van der Waals surface area contributed by atoms with Crippen molar-refractivity contribution in [1.82, 2.24) is 5.32 Å². The van der Waals surface area contributed by atoms with Gasteiger partial charge in [-0.1, -0.05) is 129 Å². The number of unbranched alkanes of at least 4 members (excludes halogenated alkanes) is 17. The number of rotatable bonds is 30. The van der Waals surface area contributed by atoms with Crippen molar-refractivity contribution in [3.63, 3.8) is 0 Å². The Hall–Kier alpha value is -1.01. The predicted octanol–water partition coefficient (Wildman–Crippen LogP) is 2.70. The minimum absolute atomic E-state index is 0.232. The molecule has 2 saturated heterocycles. The topological polar surface area (TPSA) is 228 Å². The van der Waals surface area contributed by atoms with Gasteiger partial charge in [-0.2, -0.15) is 0 Å². The van der Waals surface area contributed by atoms with E-state index in [4.69, 9.17) is 18.9 Å². The summed E-state index contributed by atoms with van der Waals surface area (Å²) in [5.41, 5.74) is 0. The summed E-state index contributed by atoms with van der Waals surface area (Å²) in [6.07, 6.45) is 6.47. The molecule has 53 heavy (non-hydrogen) atoms. The highest BCUT2D eigenvalue weighted by Gasteiger charge is 2.50. The van der Waals surface area contributed by atoms with E-state index in [2.05, 4.69) is 12.2 Å². The molecule has 0 aromatic heterocycles. The normalized spacial score (nSPS) is 30.3. The molecule has 12 unspecified atom stereocenters. The molecule has 0 radical (unpaired) electrons. The Morgan fingerprint density at radius 3 is 1.60 bits per heavy atom. The third kappa shape index (κ3) is 17.8. The molecule has 0 spiro atoms. The summed E-state index contributed by atoms with van der Waals surface area (Å²) < 4.78 is 22.5. The van der Waals surface area contributed by atoms with E-state index in [1.165, 1.54) is 77.0 Å². The first-order valence-corrected chi connectivity index (χ1v) is 20.8. The molecular formula is C39H75NO13. The van der Waals surface area contributed by atoms with Gasteiger partial charge < -0.3 is 65.1 Å². The van der Waals surface area contributed by atoms with E-state index in [-0.39, 0.29) is 12.5 Å². The van der Waals surface area contributed by atoms with Crippen molar-refractivity contribution in [2.45, 2.75) is 222 Å². The zero-order valence-corrected chi connectivity index (χ0v) is 32.5. The molecule has 2 aliphatic rings. The highest BCUT2D eigenvalue weighted by atomic mass is 16.7. The summed E-state index contributed by atoms with van der Waals surface area (Å²) in [7, 11) is 0. The molecule has 0 aromatic carbocycles. The van der Waals surface area contributed by atoms with Crippen LogP contribution in [-0.2, 0) is 23.7 Å². The van der Waals surface area contributed by atoms with Gasteiger partial charge in [-0.05, 0) is 12.8 Å². The van der Waals surface area contributed by atoms with Crippen LogP contribution in [0.2, 0.25) is 0 Å². The zero-order valence-electron chi connectivity index (χ0n) is 32.5. The van der Waals surface area contributed by atoms with E-state index in [0.29, 0.717) is 19.3 Å². The number of amides is 1. The smallest absolute Gasteiger partial charge is 0.220 e. The Morgan fingerprint density at radius 1 is 0.604 bits per heavy atom. The number of ether oxygens (including phenoxy) is 4. The van der Waals surface area contributed by atoms with Crippen molar-refractivity contribution in [2.75, 3.05) is 19.8 Å². The number of nitrogens with one attached hydrogen (secondary N) is 1. The van der Waals surface area contributed by atoms with E-state index in [0.717, 1.165) is 38.5 Å². The Bertz CT molecular complexity index is 915. The van der Waals surface area contributed by atoms with Crippen molar-refractivity contribution in [3.05, 3.63) is 0 Å². The molecule has 2 aliphatic heterocycles. The number of hydrogen-bond acceptors (Lipinski definition) is 13. The summed E-state index contributed by atoms with van der Waals surface area (Å²) in [5.74, 6) is -0.232. The molecule has 0 aliphatic carbocycles. The van der Waals surface area contributed by atoms with Crippen molar-refractivity contribution >= 4 is 5.91 Å². The van der Waals surface area contributed by atoms with E-state index in [1.54, 1.807) is 0 Å². The van der Waals surface area contributed by atoms with Gasteiger partial charge in [0.2, 0.25) is 5.91 Å². The van der Waals surface area contributed by atoms with Gasteiger partial charge in [-0.25, -0.2) is 0 Å². The number of carbonyl (C=O) groups is 1. The third-order valence-corrected chi connectivity index (χ3v) is 10.6. The fourth-order valence-corrected chi connectivity index (χ4v) is 7.06. The SMILES string of the molecule is CCCCCCCCCCCCCCCCCCC(O)C(COC1OC(CO)C(OC2OC(CO)C(O)C(O)C2O)C(O)C1O)NC(=O)CCCCC. The van der Waals surface area contributed by atoms with E-state index in [9.17, 15) is 45.6 Å². The molecule has 2 rings (SSSR count). The standard InChI is InChI=1S/C39H75NO13/c1-3-5-7-8-9-10-11-12-13-14-15-16-17-18-19-21-22-28(43)27(40-31(44)23-20-6-4-2)26-50-38-36(49)34(47)37(30(25-42)52-38)53-39-35(48)33(46)32(45)29(24-41)51-39/h27-30,32-39,41-43,45-49H,3-26H2,1-2H3,(H,40,44). The molecule has 314 valence electrons. The average Bonchev–Trinajstić information content (AvgIpc) is 3.15. The van der Waals surface area contributed by atoms with Crippen LogP contribution in [0.1, 0.15) is 149 Å². The Kier molecular flexibility index (Phi) is 25.8. The molecule has 2 heterocycles. The van der Waals surface area contributed by atoms with Crippen LogP contribution >= 0.6 is 0 Å². The lowest BCUT2D eigenvalue weighted by Gasteiger charge is -2.46. The molecule has 0 saturated carbocycles. The summed E-state index contributed by atoms with van der Waals surface area (Å²) >= 11 is 0. The quantitative estimate of drug-likeness (QED) is 0.0480. The van der Waals surface area contributed by atoms with Crippen LogP contribution in [0, 0.1) is 0 Å². The van der Waals surface area contributed by atoms with Crippen molar-refractivity contribution < 1.29 is 64.6 Å². The fraction of sp³-hybridized carbons (Fsp3) is 0.974. The van der Waals surface area contributed by atoms with Crippen molar-refractivity contribution in [2.24, 2.45) is 0 Å². The van der Waals surface area contributed by atoms with Crippen LogP contribution in [0.25, 0.3) is 0 Å². The van der Waals surface area contributed by atoms with Gasteiger partial charge in [-0.15, -0.1) is 0 Å². The molecular weight excluding hydrogens is 690 g/mol. The average molecular weight is 766 g/mol. The minimum atomic E-state index is -1.77. The fourth-order valence-electron chi connectivity index (χ4n) is 7.06. The second-order valence-electron chi connectivity index (χ2n) is 15.1. The molecule has 0 aromatic rings. The van der Waals surface area contributed by atoms with Crippen LogP contribution in [0.3, 0.4) is 0 Å². The van der Waals surface area contributed by atoms with Gasteiger partial charge in [0, 0.05) is 6.42 Å². The van der Waals surface area contributed by atoms with E-state index >= 15 is 0 Å². The highest BCUT2D eigenvalue weighted by molar-refractivity contribution is 5.76. The zero-order chi connectivity index (χ0) is 39.0. The van der Waals surface area contributed by atoms with Gasteiger partial charge in [0.05, 0.1) is 32.0 Å². The van der Waals surface area contributed by atoms with E-state index < -0.39 is 86.8 Å². The molecule has 14 heteroatoms. The van der Waals surface area contributed by atoms with Gasteiger partial charge in [0.25, 0.3) is 0 Å². The summed E-state index contributed by atoms with van der Waals surface area (Å²) in [4.78, 5) is 12.7. The van der Waals surface area contributed by atoms with Gasteiger partial charge in [0.1, 0.15) is 48.8 Å². The van der Waals surface area contributed by atoms with Crippen LogP contribution in [0.5, 0.6) is 0 Å². The number of hydrogen-bond donors (Lipinski definition) is 9. The maximum absolute atomic E-state index is 12.7. The number of aliphatic hydroxyl groups excluding tert-OH is 8. The van der Waals surface area contributed by atoms with Crippen LogP contribution in [0.4, 0.5) is 0 Å². The first-order chi connectivity index (χ1) is 25.6. The first-order valence-electron chi connectivity index (χ1n) is 20.8. The lowest BCUT2D eigenvalue weighted by molar-refractivity contribution is -0.359.